The Hall–Kier alpha value is -3.87. The largest absolute Gasteiger partial charge is 0.497 e. The first-order valence-electron chi connectivity index (χ1n) is 9.82. The summed E-state index contributed by atoms with van der Waals surface area (Å²) in [5.41, 5.74) is 9.49. The number of aliphatic imine (C=N–C) groups is 1. The Morgan fingerprint density at radius 1 is 1.27 bits per heavy atom. The molecule has 33 heavy (non-hydrogen) atoms. The zero-order valence-electron chi connectivity index (χ0n) is 17.9. The topological polar surface area (TPSA) is 188 Å². The molecule has 0 saturated heterocycles. The van der Waals surface area contributed by atoms with Gasteiger partial charge in [-0.25, -0.2) is 8.42 Å². The summed E-state index contributed by atoms with van der Waals surface area (Å²) in [5.74, 6) is -0.324. The van der Waals surface area contributed by atoms with Gasteiger partial charge in [0.2, 0.25) is 5.91 Å². The van der Waals surface area contributed by atoms with E-state index in [1.165, 1.54) is 43.6 Å². The lowest BCUT2D eigenvalue weighted by Gasteiger charge is -2.14. The standard InChI is InChI=1S/C20H26N6O6S/c1-32-15-6-2-7-16(11-15)33(30,31)25-17-8-4-10-26(19(17)29)12-18(28)24-14(13-27)5-3-9-23-20(21)22/h2,4,6-8,10-11,13-14,25H,3,5,9,12H2,1H3,(H,24,28)(H4,21,22,23). The average molecular weight is 479 g/mol. The zero-order valence-corrected chi connectivity index (χ0v) is 18.7. The average Bonchev–Trinajstić information content (AvgIpc) is 2.78. The van der Waals surface area contributed by atoms with Gasteiger partial charge in [0.1, 0.15) is 24.3 Å². The van der Waals surface area contributed by atoms with Crippen LogP contribution in [0.1, 0.15) is 12.8 Å². The normalized spacial score (nSPS) is 11.8. The van der Waals surface area contributed by atoms with Gasteiger partial charge >= 0.3 is 0 Å². The molecule has 1 amide bonds. The highest BCUT2D eigenvalue weighted by Gasteiger charge is 2.18. The van der Waals surface area contributed by atoms with E-state index in [2.05, 4.69) is 15.0 Å². The molecule has 13 heteroatoms. The Morgan fingerprint density at radius 2 is 2.03 bits per heavy atom. The predicted molar refractivity (Wildman–Crippen MR) is 122 cm³/mol. The number of rotatable bonds is 12. The molecule has 0 spiro atoms. The van der Waals surface area contributed by atoms with Crippen molar-refractivity contribution in [2.24, 2.45) is 16.5 Å². The lowest BCUT2D eigenvalue weighted by atomic mass is 10.2. The van der Waals surface area contributed by atoms with Crippen molar-refractivity contribution in [2.45, 2.75) is 30.3 Å². The fraction of sp³-hybridized carbons (Fsp3) is 0.300. The SMILES string of the molecule is COc1cccc(S(=O)(=O)Nc2cccn(CC(=O)NC(C=O)CCCN=C(N)N)c2=O)c1. The maximum atomic E-state index is 12.7. The van der Waals surface area contributed by atoms with E-state index in [0.29, 0.717) is 31.4 Å². The maximum Gasteiger partial charge on any atom is 0.275 e. The molecule has 2 rings (SSSR count). The molecule has 1 heterocycles. The minimum Gasteiger partial charge on any atom is -0.497 e. The molecule has 1 atom stereocenters. The summed E-state index contributed by atoms with van der Waals surface area (Å²) in [5, 5.41) is 2.51. The summed E-state index contributed by atoms with van der Waals surface area (Å²) in [4.78, 5) is 39.9. The van der Waals surface area contributed by atoms with E-state index in [0.717, 1.165) is 4.57 Å². The van der Waals surface area contributed by atoms with Gasteiger partial charge in [-0.1, -0.05) is 6.07 Å². The van der Waals surface area contributed by atoms with Gasteiger partial charge in [-0.15, -0.1) is 0 Å². The fourth-order valence-corrected chi connectivity index (χ4v) is 3.90. The number of anilines is 1. The second-order valence-corrected chi connectivity index (χ2v) is 8.58. The number of aromatic nitrogens is 1. The van der Waals surface area contributed by atoms with Crippen LogP contribution in [0.5, 0.6) is 5.75 Å². The number of aldehydes is 1. The van der Waals surface area contributed by atoms with E-state index < -0.39 is 34.1 Å². The number of ether oxygens (including phenoxy) is 1. The van der Waals surface area contributed by atoms with Crippen LogP contribution in [0.3, 0.4) is 0 Å². The van der Waals surface area contributed by atoms with E-state index >= 15 is 0 Å². The number of carbonyl (C=O) groups excluding carboxylic acids is 2. The molecule has 0 aliphatic heterocycles. The maximum absolute atomic E-state index is 12.7. The van der Waals surface area contributed by atoms with Crippen molar-refractivity contribution in [1.82, 2.24) is 9.88 Å². The van der Waals surface area contributed by atoms with Crippen LogP contribution < -0.4 is 31.8 Å². The van der Waals surface area contributed by atoms with Crippen LogP contribution in [0.4, 0.5) is 5.69 Å². The Morgan fingerprint density at radius 3 is 2.70 bits per heavy atom. The van der Waals surface area contributed by atoms with Crippen LogP contribution >= 0.6 is 0 Å². The predicted octanol–water partition coefficient (Wildman–Crippen LogP) is -0.605. The number of nitrogens with zero attached hydrogens (tertiary/aromatic N) is 2. The van der Waals surface area contributed by atoms with Gasteiger partial charge in [-0.3, -0.25) is 19.3 Å². The first kappa shape index (κ1) is 25.4. The molecule has 2 aromatic rings. The van der Waals surface area contributed by atoms with Crippen LogP contribution in [0, 0.1) is 0 Å². The first-order valence-corrected chi connectivity index (χ1v) is 11.3. The third-order valence-corrected chi connectivity index (χ3v) is 5.77. The highest BCUT2D eigenvalue weighted by Crippen LogP contribution is 2.19. The summed E-state index contributed by atoms with van der Waals surface area (Å²) in [6, 6.07) is 7.67. The van der Waals surface area contributed by atoms with Crippen molar-refractivity contribution in [3.05, 3.63) is 52.9 Å². The summed E-state index contributed by atoms with van der Waals surface area (Å²) in [6.45, 7) is -0.108. The molecule has 0 fully saturated rings. The van der Waals surface area contributed by atoms with Crippen molar-refractivity contribution < 1.29 is 22.7 Å². The number of methoxy groups -OCH3 is 1. The minimum atomic E-state index is -4.07. The van der Waals surface area contributed by atoms with Crippen LogP contribution in [-0.2, 0) is 26.2 Å². The van der Waals surface area contributed by atoms with Crippen LogP contribution in [0.25, 0.3) is 0 Å². The lowest BCUT2D eigenvalue weighted by Crippen LogP contribution is -2.40. The van der Waals surface area contributed by atoms with Gasteiger partial charge in [0.15, 0.2) is 5.96 Å². The molecule has 0 radical (unpaired) electrons. The van der Waals surface area contributed by atoms with Gasteiger partial charge in [0.05, 0.1) is 18.0 Å². The van der Waals surface area contributed by atoms with Crippen molar-refractivity contribution in [2.75, 3.05) is 18.4 Å². The summed E-state index contributed by atoms with van der Waals surface area (Å²) in [7, 11) is -2.67. The minimum absolute atomic E-state index is 0.0667. The second kappa shape index (κ2) is 11.7. The number of carbonyl (C=O) groups is 2. The fourth-order valence-electron chi connectivity index (χ4n) is 2.81. The summed E-state index contributed by atoms with van der Waals surface area (Å²) in [6.07, 6.45) is 2.68. The number of pyridine rings is 1. The van der Waals surface area contributed by atoms with Gasteiger partial charge in [-0.2, -0.15) is 0 Å². The van der Waals surface area contributed by atoms with E-state index in [4.69, 9.17) is 16.2 Å². The van der Waals surface area contributed by atoms with Gasteiger partial charge in [0, 0.05) is 18.8 Å². The third-order valence-electron chi connectivity index (χ3n) is 4.41. The molecule has 178 valence electrons. The molecule has 1 aromatic heterocycles. The Balaban J connectivity index is 2.08. The van der Waals surface area contributed by atoms with Gasteiger partial charge < -0.3 is 30.9 Å². The van der Waals surface area contributed by atoms with Crippen molar-refractivity contribution in [3.8, 4) is 5.75 Å². The number of sulfonamides is 1. The van der Waals surface area contributed by atoms with E-state index in [9.17, 15) is 22.8 Å². The van der Waals surface area contributed by atoms with Crippen LogP contribution in [0.15, 0.2) is 57.3 Å². The molecule has 0 saturated carbocycles. The molecule has 6 N–H and O–H groups in total. The monoisotopic (exact) mass is 478 g/mol. The first-order chi connectivity index (χ1) is 15.7. The molecule has 12 nitrogen and oxygen atoms in total. The summed E-state index contributed by atoms with van der Waals surface area (Å²) >= 11 is 0. The molecule has 0 bridgehead atoms. The van der Waals surface area contributed by atoms with E-state index in [1.54, 1.807) is 6.07 Å². The molecule has 0 aliphatic rings. The molecule has 1 unspecified atom stereocenters. The molecule has 1 aromatic carbocycles. The smallest absolute Gasteiger partial charge is 0.275 e. The highest BCUT2D eigenvalue weighted by atomic mass is 32.2. The van der Waals surface area contributed by atoms with Crippen LogP contribution in [0.2, 0.25) is 0 Å². The van der Waals surface area contributed by atoms with Crippen molar-refractivity contribution in [3.63, 3.8) is 0 Å². The van der Waals surface area contributed by atoms with E-state index in [1.807, 2.05) is 0 Å². The number of amides is 1. The molecular formula is C20H26N6O6S. The third kappa shape index (κ3) is 7.64. The number of hydrogen-bond donors (Lipinski definition) is 4. The van der Waals surface area contributed by atoms with Gasteiger partial charge in [0.25, 0.3) is 15.6 Å². The van der Waals surface area contributed by atoms with Crippen LogP contribution in [-0.4, -0.2) is 50.8 Å². The Bertz CT molecular complexity index is 1170. The number of hydrogen-bond acceptors (Lipinski definition) is 7. The Kier molecular flexibility index (Phi) is 8.98. The molecule has 0 aliphatic carbocycles. The quantitative estimate of drug-likeness (QED) is 0.135. The number of guanidine groups is 1. The van der Waals surface area contributed by atoms with E-state index in [-0.39, 0.29) is 16.5 Å². The Labute approximate surface area is 190 Å². The number of nitrogens with one attached hydrogen (secondary N) is 2. The number of nitrogens with two attached hydrogens (primary N) is 2. The zero-order chi connectivity index (χ0) is 24.4. The number of benzene rings is 1. The highest BCUT2D eigenvalue weighted by molar-refractivity contribution is 7.92. The summed E-state index contributed by atoms with van der Waals surface area (Å²) < 4.78 is 33.6. The van der Waals surface area contributed by atoms with Gasteiger partial charge in [-0.05, 0) is 37.1 Å². The van der Waals surface area contributed by atoms with Crippen molar-refractivity contribution >= 4 is 33.9 Å². The second-order valence-electron chi connectivity index (χ2n) is 6.90. The molecular weight excluding hydrogens is 452 g/mol. The lowest BCUT2D eigenvalue weighted by molar-refractivity contribution is -0.124. The van der Waals surface area contributed by atoms with Crippen molar-refractivity contribution in [1.29, 1.82) is 0 Å².